The number of methoxy groups -OCH3 is 1. The van der Waals surface area contributed by atoms with Crippen LogP contribution in [0.25, 0.3) is 10.2 Å². The maximum Gasteiger partial charge on any atom is 0.307 e. The minimum atomic E-state index is -3.84. The first kappa shape index (κ1) is 20.7. The largest absolute Gasteiger partial charge is 0.469 e. The number of aromatic nitrogens is 1. The zero-order valence-corrected chi connectivity index (χ0v) is 17.2. The highest BCUT2D eigenvalue weighted by molar-refractivity contribution is 7.89. The Balaban J connectivity index is 2.06. The molecular formula is C18H23N3O5S2. The fourth-order valence-electron chi connectivity index (χ4n) is 3.37. The molecule has 1 heterocycles. The highest BCUT2D eigenvalue weighted by Gasteiger charge is 2.21. The zero-order valence-electron chi connectivity index (χ0n) is 15.6. The van der Waals surface area contributed by atoms with E-state index in [0.717, 1.165) is 32.1 Å². The Kier molecular flexibility index (Phi) is 6.31. The molecule has 0 aliphatic heterocycles. The van der Waals surface area contributed by atoms with Crippen LogP contribution in [0.5, 0.6) is 0 Å². The van der Waals surface area contributed by atoms with Gasteiger partial charge in [-0.25, -0.2) is 13.6 Å². The predicted molar refractivity (Wildman–Crippen MR) is 105 cm³/mol. The van der Waals surface area contributed by atoms with Crippen molar-refractivity contribution in [2.45, 2.75) is 50.0 Å². The van der Waals surface area contributed by atoms with Crippen LogP contribution in [0.2, 0.25) is 0 Å². The van der Waals surface area contributed by atoms with Crippen molar-refractivity contribution in [3.63, 3.8) is 0 Å². The third-order valence-electron chi connectivity index (χ3n) is 4.91. The van der Waals surface area contributed by atoms with Gasteiger partial charge < -0.3 is 9.30 Å². The molecule has 2 N–H and O–H groups in total. The maximum atomic E-state index is 12.6. The molecule has 2 aromatic rings. The van der Waals surface area contributed by atoms with Gasteiger partial charge >= 0.3 is 5.97 Å². The van der Waals surface area contributed by atoms with E-state index in [9.17, 15) is 18.0 Å². The number of thiazole rings is 1. The van der Waals surface area contributed by atoms with Gasteiger partial charge in [0.15, 0.2) is 4.80 Å². The number of fused-ring (bicyclic) bond motifs is 1. The number of ether oxygens (including phenoxy) is 1. The third-order valence-corrected chi connectivity index (χ3v) is 6.86. The molecule has 1 aromatic heterocycles. The summed E-state index contributed by atoms with van der Waals surface area (Å²) in [6.45, 7) is 0.276. The summed E-state index contributed by atoms with van der Waals surface area (Å²) >= 11 is 1.21. The minimum Gasteiger partial charge on any atom is -0.469 e. The number of benzene rings is 1. The topological polar surface area (TPSA) is 121 Å². The van der Waals surface area contributed by atoms with Gasteiger partial charge in [0.25, 0.3) is 5.91 Å². The molecule has 0 bridgehead atoms. The van der Waals surface area contributed by atoms with Gasteiger partial charge in [0.1, 0.15) is 0 Å². The molecule has 10 heteroatoms. The number of amides is 1. The second kappa shape index (κ2) is 8.54. The van der Waals surface area contributed by atoms with Crippen molar-refractivity contribution < 1.29 is 22.7 Å². The van der Waals surface area contributed by atoms with Crippen molar-refractivity contribution in [1.29, 1.82) is 0 Å². The molecule has 1 amide bonds. The molecule has 3 rings (SSSR count). The summed E-state index contributed by atoms with van der Waals surface area (Å²) in [4.78, 5) is 29.0. The van der Waals surface area contributed by atoms with Crippen molar-refractivity contribution in [2.75, 3.05) is 7.11 Å². The Bertz CT molecular complexity index is 1060. The molecule has 0 unspecified atom stereocenters. The number of esters is 1. The summed E-state index contributed by atoms with van der Waals surface area (Å²) in [5, 5.41) is 5.22. The summed E-state index contributed by atoms with van der Waals surface area (Å²) in [5.74, 6) is -0.615. The van der Waals surface area contributed by atoms with Crippen LogP contribution in [-0.2, 0) is 30.9 Å². The molecule has 0 spiro atoms. The van der Waals surface area contributed by atoms with E-state index in [1.165, 1.54) is 30.6 Å². The fourth-order valence-corrected chi connectivity index (χ4v) is 5.09. The molecule has 8 nitrogen and oxygen atoms in total. The van der Waals surface area contributed by atoms with Crippen LogP contribution in [0.3, 0.4) is 0 Å². The van der Waals surface area contributed by atoms with Crippen LogP contribution in [0.1, 0.15) is 38.5 Å². The van der Waals surface area contributed by atoms with E-state index < -0.39 is 10.0 Å². The van der Waals surface area contributed by atoms with E-state index in [1.807, 2.05) is 0 Å². The lowest BCUT2D eigenvalue weighted by Gasteiger charge is -2.17. The second-order valence-electron chi connectivity index (χ2n) is 6.82. The van der Waals surface area contributed by atoms with Crippen LogP contribution in [0.4, 0.5) is 0 Å². The normalized spacial score (nSPS) is 16.4. The minimum absolute atomic E-state index is 0.00785. The van der Waals surface area contributed by atoms with Crippen LogP contribution in [-0.4, -0.2) is 32.0 Å². The van der Waals surface area contributed by atoms with Gasteiger partial charge in [-0.3, -0.25) is 9.59 Å². The first-order chi connectivity index (χ1) is 13.3. The average molecular weight is 426 g/mol. The number of carbonyl (C=O) groups excluding carboxylic acids is 2. The van der Waals surface area contributed by atoms with Gasteiger partial charge in [-0.15, -0.1) is 0 Å². The van der Waals surface area contributed by atoms with Crippen LogP contribution >= 0.6 is 11.3 Å². The van der Waals surface area contributed by atoms with Gasteiger partial charge in [0.05, 0.1) is 28.6 Å². The number of nitrogens with zero attached hydrogens (tertiary/aromatic N) is 2. The molecule has 1 saturated carbocycles. The number of hydrogen-bond acceptors (Lipinski definition) is 6. The molecule has 1 aliphatic rings. The summed E-state index contributed by atoms with van der Waals surface area (Å²) in [5.41, 5.74) is 0.691. The van der Waals surface area contributed by atoms with E-state index in [1.54, 1.807) is 10.6 Å². The van der Waals surface area contributed by atoms with E-state index in [-0.39, 0.29) is 35.7 Å². The van der Waals surface area contributed by atoms with Crippen molar-refractivity contribution in [2.24, 2.45) is 16.0 Å². The summed E-state index contributed by atoms with van der Waals surface area (Å²) in [7, 11) is -2.53. The smallest absolute Gasteiger partial charge is 0.307 e. The fraction of sp³-hybridized carbons (Fsp3) is 0.500. The number of rotatable bonds is 5. The lowest BCUT2D eigenvalue weighted by Crippen LogP contribution is -2.23. The quantitative estimate of drug-likeness (QED) is 0.734. The molecule has 28 heavy (non-hydrogen) atoms. The molecule has 0 saturated heterocycles. The first-order valence-corrected chi connectivity index (χ1v) is 11.5. The number of nitrogens with two attached hydrogens (primary N) is 1. The molecular weight excluding hydrogens is 402 g/mol. The lowest BCUT2D eigenvalue weighted by atomic mass is 9.89. The van der Waals surface area contributed by atoms with Crippen molar-refractivity contribution >= 4 is 43.5 Å². The molecule has 1 fully saturated rings. The van der Waals surface area contributed by atoms with Gasteiger partial charge in [0, 0.05) is 12.5 Å². The van der Waals surface area contributed by atoms with E-state index in [0.29, 0.717) is 15.0 Å². The monoisotopic (exact) mass is 425 g/mol. The standard InChI is InChI=1S/C18H23N3O5S2/c1-26-16(22)9-10-21-14-8-7-13(28(19,24)25)11-15(14)27-18(21)20-17(23)12-5-3-2-4-6-12/h7-8,11-12H,2-6,9-10H2,1H3,(H2,19,24,25). The predicted octanol–water partition coefficient (Wildman–Crippen LogP) is 1.92. The SMILES string of the molecule is COC(=O)CCn1c(=NC(=O)C2CCCCC2)sc2cc(S(N)(=O)=O)ccc21. The van der Waals surface area contributed by atoms with Gasteiger partial charge in [-0.2, -0.15) is 4.99 Å². The average Bonchev–Trinajstić information content (AvgIpc) is 3.02. The maximum absolute atomic E-state index is 12.6. The molecule has 152 valence electrons. The summed E-state index contributed by atoms with van der Waals surface area (Å²) in [6, 6.07) is 4.49. The molecule has 0 radical (unpaired) electrons. The zero-order chi connectivity index (χ0) is 20.3. The first-order valence-electron chi connectivity index (χ1n) is 9.11. The number of sulfonamides is 1. The van der Waals surface area contributed by atoms with Crippen LogP contribution < -0.4 is 9.94 Å². The second-order valence-corrected chi connectivity index (χ2v) is 9.39. The number of carbonyl (C=O) groups is 2. The Labute approximate surface area is 167 Å². The molecule has 1 aliphatic carbocycles. The van der Waals surface area contributed by atoms with E-state index in [2.05, 4.69) is 4.99 Å². The van der Waals surface area contributed by atoms with E-state index >= 15 is 0 Å². The molecule has 0 atom stereocenters. The van der Waals surface area contributed by atoms with Gasteiger partial charge in [-0.1, -0.05) is 30.6 Å². The Morgan fingerprint density at radius 3 is 2.64 bits per heavy atom. The summed E-state index contributed by atoms with van der Waals surface area (Å²) in [6.07, 6.45) is 4.99. The van der Waals surface area contributed by atoms with Crippen molar-refractivity contribution in [3.8, 4) is 0 Å². The number of aryl methyl sites for hydroxylation is 1. The van der Waals surface area contributed by atoms with Crippen LogP contribution in [0.15, 0.2) is 28.1 Å². The Morgan fingerprint density at radius 2 is 2.00 bits per heavy atom. The summed E-state index contributed by atoms with van der Waals surface area (Å²) < 4.78 is 30.4. The Hall–Kier alpha value is -2.04. The third kappa shape index (κ3) is 4.68. The highest BCUT2D eigenvalue weighted by Crippen LogP contribution is 2.25. The van der Waals surface area contributed by atoms with Crippen LogP contribution in [0, 0.1) is 5.92 Å². The number of primary sulfonamides is 1. The highest BCUT2D eigenvalue weighted by atomic mass is 32.2. The lowest BCUT2D eigenvalue weighted by molar-refractivity contribution is -0.140. The Morgan fingerprint density at radius 1 is 1.29 bits per heavy atom. The molecule has 1 aromatic carbocycles. The van der Waals surface area contributed by atoms with Gasteiger partial charge in [0.2, 0.25) is 10.0 Å². The van der Waals surface area contributed by atoms with Crippen molar-refractivity contribution in [1.82, 2.24) is 4.57 Å². The van der Waals surface area contributed by atoms with E-state index in [4.69, 9.17) is 9.88 Å². The number of hydrogen-bond donors (Lipinski definition) is 1. The van der Waals surface area contributed by atoms with Crippen molar-refractivity contribution in [3.05, 3.63) is 23.0 Å². The van der Waals surface area contributed by atoms with Gasteiger partial charge in [-0.05, 0) is 31.0 Å².